The molecule has 1 aromatic heterocycles. The Morgan fingerprint density at radius 1 is 1.11 bits per heavy atom. The Bertz CT molecular complexity index is 1290. The van der Waals surface area contributed by atoms with Crippen LogP contribution in [0.5, 0.6) is 5.75 Å². The summed E-state index contributed by atoms with van der Waals surface area (Å²) in [6.45, 7) is 0. The van der Waals surface area contributed by atoms with Gasteiger partial charge in [0, 0.05) is 16.1 Å². The van der Waals surface area contributed by atoms with E-state index in [1.165, 1.54) is 12.1 Å². The third kappa shape index (κ3) is 4.52. The first-order valence-corrected chi connectivity index (χ1v) is 10.1. The van der Waals surface area contributed by atoms with Gasteiger partial charge in [-0.25, -0.2) is 0 Å². The Balaban J connectivity index is 2.07. The van der Waals surface area contributed by atoms with Crippen LogP contribution in [0.2, 0.25) is 5.02 Å². The summed E-state index contributed by atoms with van der Waals surface area (Å²) < 4.78 is 94.8. The van der Waals surface area contributed by atoms with Crippen molar-refractivity contribution in [2.75, 3.05) is 7.11 Å². The van der Waals surface area contributed by atoms with Crippen molar-refractivity contribution in [3.63, 3.8) is 0 Å². The lowest BCUT2D eigenvalue weighted by atomic mass is 9.94. The summed E-state index contributed by atoms with van der Waals surface area (Å²) >= 11 is 6.06. The van der Waals surface area contributed by atoms with Gasteiger partial charge in [0.25, 0.3) is 0 Å². The topological polar surface area (TPSA) is 86.5 Å². The molecule has 0 spiro atoms. The zero-order valence-electron chi connectivity index (χ0n) is 17.5. The van der Waals surface area contributed by atoms with Gasteiger partial charge in [0.2, 0.25) is 5.82 Å². The molecule has 186 valence electrons. The van der Waals surface area contributed by atoms with E-state index in [2.05, 4.69) is 10.2 Å². The fourth-order valence-electron chi connectivity index (χ4n) is 3.94. The molecule has 4 rings (SSSR count). The van der Waals surface area contributed by atoms with E-state index in [0.29, 0.717) is 4.57 Å². The Labute approximate surface area is 197 Å². The number of aliphatic carboxylic acids is 1. The molecule has 0 bridgehead atoms. The molecule has 0 unspecified atom stereocenters. The highest BCUT2D eigenvalue weighted by molar-refractivity contribution is 6.30. The number of hydrogen-bond acceptors (Lipinski definition) is 5. The van der Waals surface area contributed by atoms with Crippen LogP contribution >= 0.6 is 11.6 Å². The van der Waals surface area contributed by atoms with Gasteiger partial charge < -0.3 is 14.6 Å². The molecule has 0 amide bonds. The molecule has 0 radical (unpaired) electrons. The molecule has 0 aliphatic carbocycles. The number of methoxy groups -OCH3 is 1. The van der Waals surface area contributed by atoms with Crippen molar-refractivity contribution in [2.24, 2.45) is 0 Å². The van der Waals surface area contributed by atoms with Crippen LogP contribution in [0.25, 0.3) is 5.69 Å². The number of ether oxygens (including phenoxy) is 2. The maximum atomic E-state index is 14.1. The van der Waals surface area contributed by atoms with Crippen LogP contribution in [0.3, 0.4) is 0 Å². The van der Waals surface area contributed by atoms with Crippen molar-refractivity contribution in [3.8, 4) is 11.4 Å². The van der Waals surface area contributed by atoms with E-state index < -0.39 is 65.5 Å². The number of fused-ring (bicyclic) bond motifs is 3. The molecular weight excluding hydrogens is 508 g/mol. The molecule has 1 aliphatic rings. The highest BCUT2D eigenvalue weighted by atomic mass is 35.5. The van der Waals surface area contributed by atoms with Gasteiger partial charge in [-0.2, -0.15) is 26.3 Å². The molecule has 35 heavy (non-hydrogen) atoms. The molecule has 0 saturated heterocycles. The number of rotatable bonds is 4. The molecule has 2 atom stereocenters. The first-order valence-electron chi connectivity index (χ1n) is 9.76. The predicted octanol–water partition coefficient (Wildman–Crippen LogP) is 5.60. The minimum Gasteiger partial charge on any atom is -0.496 e. The number of benzene rings is 2. The summed E-state index contributed by atoms with van der Waals surface area (Å²) in [5.41, 5.74) is -2.20. The van der Waals surface area contributed by atoms with Crippen LogP contribution in [0.1, 0.15) is 47.0 Å². The van der Waals surface area contributed by atoms with Gasteiger partial charge in [-0.1, -0.05) is 23.7 Å². The largest absolute Gasteiger partial charge is 0.496 e. The summed E-state index contributed by atoms with van der Waals surface area (Å²) in [4.78, 5) is 11.5. The van der Waals surface area contributed by atoms with Crippen LogP contribution in [-0.4, -0.2) is 33.0 Å². The molecular formula is C21H14ClF6N3O4. The number of carboxylic acids is 1. The van der Waals surface area contributed by atoms with Crippen LogP contribution in [0.4, 0.5) is 26.3 Å². The first-order chi connectivity index (χ1) is 16.3. The van der Waals surface area contributed by atoms with Gasteiger partial charge in [-0.3, -0.25) is 9.36 Å². The van der Waals surface area contributed by atoms with E-state index in [4.69, 9.17) is 21.1 Å². The maximum Gasteiger partial charge on any atom is 0.452 e. The zero-order valence-corrected chi connectivity index (χ0v) is 18.2. The summed E-state index contributed by atoms with van der Waals surface area (Å²) in [5.74, 6) is -4.08. The van der Waals surface area contributed by atoms with Gasteiger partial charge in [-0.15, -0.1) is 10.2 Å². The third-order valence-electron chi connectivity index (χ3n) is 5.25. The molecule has 14 heteroatoms. The highest BCUT2D eigenvalue weighted by Crippen LogP contribution is 2.48. The summed E-state index contributed by atoms with van der Waals surface area (Å²) in [7, 11) is 1.03. The number of carbonyl (C=O) groups is 1. The van der Waals surface area contributed by atoms with Gasteiger partial charge in [0.15, 0.2) is 5.82 Å². The van der Waals surface area contributed by atoms with Crippen molar-refractivity contribution < 1.29 is 45.7 Å². The van der Waals surface area contributed by atoms with Gasteiger partial charge in [-0.05, 0) is 24.3 Å². The molecule has 2 heterocycles. The summed E-state index contributed by atoms with van der Waals surface area (Å²) in [6.07, 6.45) is -14.3. The van der Waals surface area contributed by atoms with E-state index in [1.807, 2.05) is 0 Å². The SMILES string of the molecule is COc1cccc([C@H]2O[C@H](CC(=O)O)c3nnc(C(F)(F)F)n3-c3ccc(Cl)cc32)c1C(F)(F)F. The Morgan fingerprint density at radius 3 is 2.43 bits per heavy atom. The zero-order chi connectivity index (χ0) is 25.7. The van der Waals surface area contributed by atoms with E-state index in [0.717, 1.165) is 31.4 Å². The van der Waals surface area contributed by atoms with Gasteiger partial charge >= 0.3 is 18.3 Å². The van der Waals surface area contributed by atoms with E-state index in [-0.39, 0.29) is 16.3 Å². The molecule has 0 saturated carbocycles. The summed E-state index contributed by atoms with van der Waals surface area (Å²) in [6, 6.07) is 6.90. The second-order valence-corrected chi connectivity index (χ2v) is 7.88. The maximum absolute atomic E-state index is 14.1. The fraction of sp³-hybridized carbons (Fsp3) is 0.286. The second-order valence-electron chi connectivity index (χ2n) is 7.44. The first kappa shape index (κ1) is 24.8. The van der Waals surface area contributed by atoms with Crippen LogP contribution in [0, 0.1) is 0 Å². The normalized spacial score (nSPS) is 17.9. The number of hydrogen-bond donors (Lipinski definition) is 1. The Kier molecular flexibility index (Phi) is 6.18. The number of aromatic nitrogens is 3. The second kappa shape index (κ2) is 8.72. The van der Waals surface area contributed by atoms with Crippen molar-refractivity contribution in [2.45, 2.75) is 31.0 Å². The van der Waals surface area contributed by atoms with Gasteiger partial charge in [0.1, 0.15) is 23.5 Å². The lowest BCUT2D eigenvalue weighted by Gasteiger charge is -2.26. The number of alkyl halides is 6. The van der Waals surface area contributed by atoms with E-state index in [9.17, 15) is 36.2 Å². The smallest absolute Gasteiger partial charge is 0.452 e. The highest BCUT2D eigenvalue weighted by Gasteiger charge is 2.45. The molecule has 3 aromatic rings. The number of nitrogens with zero attached hydrogens (tertiary/aromatic N) is 3. The van der Waals surface area contributed by atoms with E-state index in [1.54, 1.807) is 0 Å². The molecule has 2 aromatic carbocycles. The van der Waals surface area contributed by atoms with Crippen molar-refractivity contribution >= 4 is 17.6 Å². The van der Waals surface area contributed by atoms with E-state index >= 15 is 0 Å². The Hall–Kier alpha value is -3.32. The van der Waals surface area contributed by atoms with Crippen LogP contribution < -0.4 is 4.74 Å². The van der Waals surface area contributed by atoms with Crippen LogP contribution in [0.15, 0.2) is 36.4 Å². The van der Waals surface area contributed by atoms with Gasteiger partial charge in [0.05, 0.1) is 19.2 Å². The third-order valence-corrected chi connectivity index (χ3v) is 5.48. The lowest BCUT2D eigenvalue weighted by molar-refractivity contribution is -0.146. The average Bonchev–Trinajstić information content (AvgIpc) is 3.16. The van der Waals surface area contributed by atoms with Crippen LogP contribution in [-0.2, 0) is 21.9 Å². The minimum absolute atomic E-state index is 0.00586. The average molecular weight is 522 g/mol. The summed E-state index contributed by atoms with van der Waals surface area (Å²) in [5, 5.41) is 16.0. The minimum atomic E-state index is -5.02. The number of carboxylic acid groups (broad SMARTS) is 1. The monoisotopic (exact) mass is 521 g/mol. The van der Waals surface area contributed by atoms with Crippen molar-refractivity contribution in [1.82, 2.24) is 14.8 Å². The number of halogens is 7. The van der Waals surface area contributed by atoms with Crippen molar-refractivity contribution in [1.29, 1.82) is 0 Å². The molecule has 1 N–H and O–H groups in total. The molecule has 0 fully saturated rings. The molecule has 1 aliphatic heterocycles. The quantitative estimate of drug-likeness (QED) is 0.450. The lowest BCUT2D eigenvalue weighted by Crippen LogP contribution is -2.19. The Morgan fingerprint density at radius 2 is 1.83 bits per heavy atom. The molecule has 7 nitrogen and oxygen atoms in total. The predicted molar refractivity (Wildman–Crippen MR) is 107 cm³/mol. The fourth-order valence-corrected chi connectivity index (χ4v) is 4.12. The van der Waals surface area contributed by atoms with Crippen molar-refractivity contribution in [3.05, 3.63) is 69.8 Å². The standard InChI is InChI=1S/C21H14ClF6N3O4/c1-34-13-4-2-3-10(16(13)20(23,24)25)17-11-7-9(22)5-6-12(11)31-18(14(35-17)8-15(32)33)29-30-19(31)21(26,27)28/h2-7,14,17H,8H2,1H3,(H,32,33)/t14-,17-/m1/s1.